The molecule has 4 nitrogen and oxygen atoms in total. The molecule has 152 valence electrons. The fourth-order valence-electron chi connectivity index (χ4n) is 3.31. The molecule has 28 heavy (non-hydrogen) atoms. The van der Waals surface area contributed by atoms with Gasteiger partial charge in [-0.1, -0.05) is 74.2 Å². The van der Waals surface area contributed by atoms with Crippen LogP contribution in [0.15, 0.2) is 51.8 Å². The molecule has 0 fully saturated rings. The molecule has 1 aromatic rings. The average molecular weight is 448 g/mol. The average Bonchev–Trinajstić information content (AvgIpc) is 2.68. The standard InChI is InChI=1S/C23H30BrNO3/c1-2-3-4-5-6-7-8-9-10-11-19-22(27)20(16-21(26)23(19)28)25-18-14-12-17(24)13-15-18/h12-16,25,27H,2-11H2,1H3. The number of unbranched alkanes of at least 4 members (excludes halogenated alkanes) is 8. The van der Waals surface area contributed by atoms with E-state index in [1.165, 1.54) is 44.6 Å². The molecule has 1 aliphatic rings. The number of benzene rings is 1. The first-order chi connectivity index (χ1) is 13.5. The van der Waals surface area contributed by atoms with Gasteiger partial charge in [-0.3, -0.25) is 9.59 Å². The minimum atomic E-state index is -0.585. The van der Waals surface area contributed by atoms with Gasteiger partial charge in [0.25, 0.3) is 0 Å². The summed E-state index contributed by atoms with van der Waals surface area (Å²) in [5.74, 6) is -1.27. The van der Waals surface area contributed by atoms with E-state index < -0.39 is 11.6 Å². The van der Waals surface area contributed by atoms with Crippen LogP contribution in [0.25, 0.3) is 0 Å². The number of rotatable bonds is 12. The second-order valence-electron chi connectivity index (χ2n) is 7.29. The monoisotopic (exact) mass is 447 g/mol. The first-order valence-electron chi connectivity index (χ1n) is 10.3. The number of hydrogen-bond acceptors (Lipinski definition) is 4. The number of carbonyl (C=O) groups is 2. The summed E-state index contributed by atoms with van der Waals surface area (Å²) >= 11 is 3.37. The van der Waals surface area contributed by atoms with Gasteiger partial charge in [0.05, 0.1) is 5.70 Å². The first-order valence-corrected chi connectivity index (χ1v) is 11.1. The fourth-order valence-corrected chi connectivity index (χ4v) is 3.58. The van der Waals surface area contributed by atoms with Crippen LogP contribution < -0.4 is 5.32 Å². The molecular weight excluding hydrogens is 418 g/mol. The Kier molecular flexibility index (Phi) is 9.48. The number of aliphatic hydroxyl groups is 1. The second-order valence-corrected chi connectivity index (χ2v) is 8.20. The van der Waals surface area contributed by atoms with E-state index in [1.54, 1.807) is 0 Å². The van der Waals surface area contributed by atoms with E-state index in [1.807, 2.05) is 24.3 Å². The molecule has 1 aliphatic carbocycles. The van der Waals surface area contributed by atoms with Crippen molar-refractivity contribution in [3.8, 4) is 0 Å². The van der Waals surface area contributed by atoms with Gasteiger partial charge in [0.2, 0.25) is 11.6 Å². The van der Waals surface area contributed by atoms with E-state index in [-0.39, 0.29) is 17.0 Å². The van der Waals surface area contributed by atoms with Crippen LogP contribution in [0.5, 0.6) is 0 Å². The van der Waals surface area contributed by atoms with Crippen LogP contribution in [-0.2, 0) is 9.59 Å². The molecular formula is C23H30BrNO3. The Morgan fingerprint density at radius 1 is 0.893 bits per heavy atom. The van der Waals surface area contributed by atoms with Crippen molar-refractivity contribution in [2.45, 2.75) is 71.1 Å². The zero-order valence-electron chi connectivity index (χ0n) is 16.6. The predicted octanol–water partition coefficient (Wildman–Crippen LogP) is 6.63. The molecule has 0 saturated carbocycles. The first kappa shape index (κ1) is 22.4. The number of nitrogens with one attached hydrogen (secondary N) is 1. The molecule has 0 unspecified atom stereocenters. The molecule has 2 N–H and O–H groups in total. The highest BCUT2D eigenvalue weighted by Gasteiger charge is 2.28. The molecule has 0 saturated heterocycles. The highest BCUT2D eigenvalue weighted by atomic mass is 79.9. The van der Waals surface area contributed by atoms with Crippen molar-refractivity contribution in [3.05, 3.63) is 51.8 Å². The lowest BCUT2D eigenvalue weighted by atomic mass is 9.93. The summed E-state index contributed by atoms with van der Waals surface area (Å²) in [6, 6.07) is 7.39. The van der Waals surface area contributed by atoms with Crippen LogP contribution in [0.4, 0.5) is 5.69 Å². The Labute approximate surface area is 176 Å². The maximum Gasteiger partial charge on any atom is 0.232 e. The molecule has 0 aliphatic heterocycles. The summed E-state index contributed by atoms with van der Waals surface area (Å²) in [5.41, 5.74) is 1.26. The molecule has 2 rings (SSSR count). The van der Waals surface area contributed by atoms with Gasteiger partial charge in [0.15, 0.2) is 0 Å². The van der Waals surface area contributed by atoms with Gasteiger partial charge >= 0.3 is 0 Å². The number of ketones is 2. The summed E-state index contributed by atoms with van der Waals surface area (Å²) < 4.78 is 0.938. The van der Waals surface area contributed by atoms with Crippen LogP contribution in [0, 0.1) is 0 Å². The van der Waals surface area contributed by atoms with Gasteiger partial charge < -0.3 is 10.4 Å². The number of halogens is 1. The van der Waals surface area contributed by atoms with Gasteiger partial charge in [-0.15, -0.1) is 0 Å². The Bertz CT molecular complexity index is 735. The van der Waals surface area contributed by atoms with E-state index in [4.69, 9.17) is 0 Å². The van der Waals surface area contributed by atoms with Crippen molar-refractivity contribution >= 4 is 33.2 Å². The van der Waals surface area contributed by atoms with Crippen LogP contribution in [0.3, 0.4) is 0 Å². The SMILES string of the molecule is CCCCCCCCCCCC1=C(O)C(Nc2ccc(Br)cc2)=CC(=O)C1=O. The number of allylic oxidation sites excluding steroid dienone is 2. The smallest absolute Gasteiger partial charge is 0.232 e. The van der Waals surface area contributed by atoms with Gasteiger partial charge in [-0.2, -0.15) is 0 Å². The zero-order valence-corrected chi connectivity index (χ0v) is 18.2. The lowest BCUT2D eigenvalue weighted by Gasteiger charge is -2.18. The molecule has 1 aromatic carbocycles. The lowest BCUT2D eigenvalue weighted by Crippen LogP contribution is -2.24. The third kappa shape index (κ3) is 6.93. The number of Topliss-reactive ketones (excluding diaryl/α,β-unsaturated/α-hetero) is 1. The van der Waals surface area contributed by atoms with Gasteiger partial charge in [0.1, 0.15) is 5.76 Å². The Hall–Kier alpha value is -1.88. The van der Waals surface area contributed by atoms with Crippen molar-refractivity contribution in [2.75, 3.05) is 5.32 Å². The summed E-state index contributed by atoms with van der Waals surface area (Å²) in [6.45, 7) is 2.22. The third-order valence-corrected chi connectivity index (χ3v) is 5.50. The van der Waals surface area contributed by atoms with Crippen LogP contribution >= 0.6 is 15.9 Å². The van der Waals surface area contributed by atoms with Crippen molar-refractivity contribution in [1.29, 1.82) is 0 Å². The summed E-state index contributed by atoms with van der Waals surface area (Å²) in [4.78, 5) is 24.2. The highest BCUT2D eigenvalue weighted by Crippen LogP contribution is 2.26. The summed E-state index contributed by atoms with van der Waals surface area (Å²) in [6.07, 6.45) is 12.2. The van der Waals surface area contributed by atoms with E-state index in [0.29, 0.717) is 6.42 Å². The quantitative estimate of drug-likeness (QED) is 0.214. The van der Waals surface area contributed by atoms with Gasteiger partial charge in [-0.05, 0) is 37.1 Å². The maximum atomic E-state index is 12.2. The summed E-state index contributed by atoms with van der Waals surface area (Å²) in [5, 5.41) is 13.6. The lowest BCUT2D eigenvalue weighted by molar-refractivity contribution is -0.132. The second kappa shape index (κ2) is 11.8. The fraction of sp³-hybridized carbons (Fsp3) is 0.478. The van der Waals surface area contributed by atoms with Crippen LogP contribution in [0.1, 0.15) is 71.1 Å². The number of carbonyl (C=O) groups excluding carboxylic acids is 2. The van der Waals surface area contributed by atoms with E-state index in [2.05, 4.69) is 28.2 Å². The van der Waals surface area contributed by atoms with Crippen molar-refractivity contribution < 1.29 is 14.7 Å². The van der Waals surface area contributed by atoms with Crippen LogP contribution in [-0.4, -0.2) is 16.7 Å². The molecule has 0 radical (unpaired) electrons. The molecule has 0 amide bonds. The Balaban J connectivity index is 1.85. The number of hydrogen-bond donors (Lipinski definition) is 2. The Morgan fingerprint density at radius 3 is 2.07 bits per heavy atom. The minimum absolute atomic E-state index is 0.105. The molecule has 5 heteroatoms. The number of anilines is 1. The highest BCUT2D eigenvalue weighted by molar-refractivity contribution is 9.10. The van der Waals surface area contributed by atoms with E-state index in [0.717, 1.165) is 29.4 Å². The van der Waals surface area contributed by atoms with Crippen molar-refractivity contribution in [2.24, 2.45) is 0 Å². The summed E-state index contributed by atoms with van der Waals surface area (Å²) in [7, 11) is 0. The zero-order chi connectivity index (χ0) is 20.4. The largest absolute Gasteiger partial charge is 0.505 e. The van der Waals surface area contributed by atoms with Crippen molar-refractivity contribution in [1.82, 2.24) is 0 Å². The topological polar surface area (TPSA) is 66.4 Å². The molecule has 0 heterocycles. The third-order valence-electron chi connectivity index (χ3n) is 4.97. The molecule has 0 spiro atoms. The molecule has 0 bridgehead atoms. The van der Waals surface area contributed by atoms with Crippen molar-refractivity contribution in [3.63, 3.8) is 0 Å². The molecule has 0 atom stereocenters. The van der Waals surface area contributed by atoms with Gasteiger partial charge in [-0.25, -0.2) is 0 Å². The normalized spacial score (nSPS) is 14.4. The molecule has 0 aromatic heterocycles. The van der Waals surface area contributed by atoms with E-state index >= 15 is 0 Å². The van der Waals surface area contributed by atoms with E-state index in [9.17, 15) is 14.7 Å². The predicted molar refractivity (Wildman–Crippen MR) is 117 cm³/mol. The number of aliphatic hydroxyl groups excluding tert-OH is 1. The van der Waals surface area contributed by atoms with Gasteiger partial charge in [0, 0.05) is 21.8 Å². The van der Waals surface area contributed by atoms with Crippen LogP contribution in [0.2, 0.25) is 0 Å². The Morgan fingerprint density at radius 2 is 1.46 bits per heavy atom. The minimum Gasteiger partial charge on any atom is -0.505 e. The maximum absolute atomic E-state index is 12.2.